The van der Waals surface area contributed by atoms with Gasteiger partial charge in [-0.25, -0.2) is 0 Å². The Kier molecular flexibility index (Phi) is 10.3. The van der Waals surface area contributed by atoms with Crippen LogP contribution in [0.4, 0.5) is 0 Å². The molecule has 2 heterocycles. The third-order valence-corrected chi connectivity index (χ3v) is 10.2. The quantitative estimate of drug-likeness (QED) is 0.233. The van der Waals surface area contributed by atoms with E-state index in [-0.39, 0.29) is 6.61 Å². The number of hydrogen-bond donors (Lipinski definition) is 4. The summed E-state index contributed by atoms with van der Waals surface area (Å²) in [5.74, 6) is 2.90. The van der Waals surface area contributed by atoms with Gasteiger partial charge in [0, 0.05) is 13.1 Å². The highest BCUT2D eigenvalue weighted by molar-refractivity contribution is 5.01. The molecule has 1 saturated heterocycles. The van der Waals surface area contributed by atoms with Gasteiger partial charge in [-0.05, 0) is 81.1 Å². The molecule has 0 radical (unpaired) electrons. The first-order chi connectivity index (χ1) is 18.9. The lowest BCUT2D eigenvalue weighted by molar-refractivity contribution is -0.145. The van der Waals surface area contributed by atoms with Gasteiger partial charge < -0.3 is 25.2 Å². The molecule has 0 amide bonds. The van der Waals surface area contributed by atoms with Crippen LogP contribution in [0.25, 0.3) is 0 Å². The number of unbranched alkanes of at least 4 members (excludes halogenated alkanes) is 7. The highest BCUT2D eigenvalue weighted by Crippen LogP contribution is 2.60. The number of nitrogens with zero attached hydrogens (tertiary/aromatic N) is 4. The van der Waals surface area contributed by atoms with Crippen LogP contribution in [0, 0.1) is 23.2 Å². The summed E-state index contributed by atoms with van der Waals surface area (Å²) in [5, 5.41) is 48.0. The maximum Gasteiger partial charge on any atom is 0.109 e. The molecule has 0 spiro atoms. The van der Waals surface area contributed by atoms with Crippen molar-refractivity contribution < 1.29 is 25.2 Å². The number of piperidine rings is 1. The number of likely N-dealkylation sites (tertiary alicyclic amines) is 1. The van der Waals surface area contributed by atoms with Crippen LogP contribution in [0.5, 0.6) is 0 Å². The minimum absolute atomic E-state index is 0.212. The van der Waals surface area contributed by atoms with Gasteiger partial charge in [0.15, 0.2) is 0 Å². The van der Waals surface area contributed by atoms with Gasteiger partial charge in [-0.2, -0.15) is 0 Å². The lowest BCUT2D eigenvalue weighted by Gasteiger charge is -2.56. The molecule has 9 heteroatoms. The van der Waals surface area contributed by atoms with E-state index in [9.17, 15) is 20.4 Å². The van der Waals surface area contributed by atoms with Crippen LogP contribution in [0.3, 0.4) is 0 Å². The molecule has 4 bridgehead atoms. The Labute approximate surface area is 233 Å². The zero-order valence-electron chi connectivity index (χ0n) is 23.7. The van der Waals surface area contributed by atoms with E-state index < -0.39 is 24.4 Å². The topological polar surface area (TPSA) is 124 Å². The van der Waals surface area contributed by atoms with Crippen LogP contribution < -0.4 is 0 Å². The number of ether oxygens (including phenoxy) is 1. The fourth-order valence-corrected chi connectivity index (χ4v) is 8.64. The fourth-order valence-electron chi connectivity index (χ4n) is 8.64. The van der Waals surface area contributed by atoms with Crippen molar-refractivity contribution >= 4 is 0 Å². The third kappa shape index (κ3) is 7.60. The van der Waals surface area contributed by atoms with Gasteiger partial charge in [-0.15, -0.1) is 5.10 Å². The average molecular weight is 549 g/mol. The first kappa shape index (κ1) is 29.4. The van der Waals surface area contributed by atoms with Crippen LogP contribution in [0.2, 0.25) is 0 Å². The number of β-amino-alcohol motifs (C(OH)–C–C–N with tert-alkyl or cyclic N) is 1. The molecule has 5 fully saturated rings. The van der Waals surface area contributed by atoms with Crippen LogP contribution in [-0.4, -0.2) is 91.0 Å². The van der Waals surface area contributed by atoms with Crippen molar-refractivity contribution in [2.75, 3.05) is 26.3 Å². The monoisotopic (exact) mass is 548 g/mol. The summed E-state index contributed by atoms with van der Waals surface area (Å²) in [6.07, 6.45) is 16.6. The van der Waals surface area contributed by atoms with Crippen molar-refractivity contribution in [3.05, 3.63) is 11.9 Å². The number of aliphatic hydroxyl groups excluding tert-OH is 4. The normalized spacial score (nSPS) is 36.2. The Bertz CT molecular complexity index is 846. The standard InChI is InChI=1S/C30H52N4O5/c35-19-26-28(37)29(38)27(36)18-33(26)9-7-5-3-1-2-4-6-8-10-34-17-25(31-32-34)20-39-21-30-14-22-11-23(15-30)13-24(12-22)16-30/h17,22-24,26-29,35-38H,1-16,18-21H2/t22?,23?,24?,26-,27+,28-,29-,30?/m1/s1. The van der Waals surface area contributed by atoms with E-state index >= 15 is 0 Å². The summed E-state index contributed by atoms with van der Waals surface area (Å²) in [6, 6.07) is -0.497. The summed E-state index contributed by atoms with van der Waals surface area (Å²) >= 11 is 0. The van der Waals surface area contributed by atoms with E-state index in [0.29, 0.717) is 18.6 Å². The number of aliphatic hydroxyl groups is 4. The summed E-state index contributed by atoms with van der Waals surface area (Å²) in [5.41, 5.74) is 1.41. The molecule has 4 atom stereocenters. The minimum Gasteiger partial charge on any atom is -0.395 e. The zero-order valence-corrected chi connectivity index (χ0v) is 23.7. The van der Waals surface area contributed by atoms with Crippen molar-refractivity contribution in [2.24, 2.45) is 23.2 Å². The van der Waals surface area contributed by atoms with Gasteiger partial charge in [-0.1, -0.05) is 43.7 Å². The predicted molar refractivity (Wildman–Crippen MR) is 148 cm³/mol. The molecule has 6 rings (SSSR count). The maximum absolute atomic E-state index is 10.1. The minimum atomic E-state index is -1.18. The summed E-state index contributed by atoms with van der Waals surface area (Å²) in [7, 11) is 0. The van der Waals surface area contributed by atoms with Crippen molar-refractivity contribution in [3.63, 3.8) is 0 Å². The molecule has 9 nitrogen and oxygen atoms in total. The van der Waals surface area contributed by atoms with Gasteiger partial charge in [-0.3, -0.25) is 9.58 Å². The average Bonchev–Trinajstić information content (AvgIpc) is 3.35. The van der Waals surface area contributed by atoms with Crippen molar-refractivity contribution in [3.8, 4) is 0 Å². The van der Waals surface area contributed by atoms with Crippen LogP contribution >= 0.6 is 0 Å². The fraction of sp³-hybridized carbons (Fsp3) is 0.933. The van der Waals surface area contributed by atoms with Crippen LogP contribution in [0.15, 0.2) is 6.20 Å². The highest BCUT2D eigenvalue weighted by Gasteiger charge is 2.50. The van der Waals surface area contributed by atoms with Crippen molar-refractivity contribution in [1.82, 2.24) is 19.9 Å². The number of aryl methyl sites for hydroxylation is 1. The Morgan fingerprint density at radius 1 is 0.821 bits per heavy atom. The molecule has 5 aliphatic rings. The summed E-state index contributed by atoms with van der Waals surface area (Å²) < 4.78 is 8.18. The molecule has 4 saturated carbocycles. The van der Waals surface area contributed by atoms with E-state index in [4.69, 9.17) is 4.74 Å². The lowest BCUT2D eigenvalue weighted by atomic mass is 9.50. The molecule has 1 aliphatic heterocycles. The maximum atomic E-state index is 10.1. The number of hydrogen-bond acceptors (Lipinski definition) is 8. The SMILES string of the molecule is OC[C@@H]1[C@@H](O)[C@H](O)[C@@H](O)CN1CCCCCCCCCCn1cc(COCC23CC4CC(CC(C4)C2)C3)nn1. The second-order valence-corrected chi connectivity index (χ2v) is 13.5. The van der Waals surface area contributed by atoms with Crippen LogP contribution in [0.1, 0.15) is 95.6 Å². The molecular formula is C30H52N4O5. The lowest BCUT2D eigenvalue weighted by Crippen LogP contribution is -2.62. The van der Waals surface area contributed by atoms with Gasteiger partial charge in [0.2, 0.25) is 0 Å². The van der Waals surface area contributed by atoms with Gasteiger partial charge in [0.25, 0.3) is 0 Å². The third-order valence-electron chi connectivity index (χ3n) is 10.2. The second kappa shape index (κ2) is 13.7. The summed E-state index contributed by atoms with van der Waals surface area (Å²) in [6.45, 7) is 3.21. The Hall–Kier alpha value is -1.10. The number of rotatable bonds is 16. The summed E-state index contributed by atoms with van der Waals surface area (Å²) in [4.78, 5) is 1.91. The molecule has 4 aliphatic carbocycles. The van der Waals surface area contributed by atoms with Crippen LogP contribution in [-0.2, 0) is 17.9 Å². The Balaban J connectivity index is 0.870. The van der Waals surface area contributed by atoms with Gasteiger partial charge in [0.1, 0.15) is 17.9 Å². The molecule has 1 aromatic heterocycles. The van der Waals surface area contributed by atoms with Crippen molar-refractivity contribution in [1.29, 1.82) is 0 Å². The molecule has 0 unspecified atom stereocenters. The second-order valence-electron chi connectivity index (χ2n) is 13.5. The molecule has 222 valence electrons. The van der Waals surface area contributed by atoms with E-state index in [1.807, 2.05) is 9.58 Å². The Morgan fingerprint density at radius 2 is 1.41 bits per heavy atom. The molecule has 1 aromatic rings. The van der Waals surface area contributed by atoms with E-state index in [1.165, 1.54) is 70.6 Å². The largest absolute Gasteiger partial charge is 0.395 e. The van der Waals surface area contributed by atoms with E-state index in [0.717, 1.165) is 62.4 Å². The first-order valence-corrected chi connectivity index (χ1v) is 15.8. The zero-order chi connectivity index (χ0) is 27.2. The molecular weight excluding hydrogens is 496 g/mol. The van der Waals surface area contributed by atoms with E-state index in [1.54, 1.807) is 0 Å². The molecule has 0 aromatic carbocycles. The molecule has 4 N–H and O–H groups in total. The molecule has 39 heavy (non-hydrogen) atoms. The van der Waals surface area contributed by atoms with Gasteiger partial charge in [0.05, 0.1) is 38.2 Å². The number of aromatic nitrogens is 3. The first-order valence-electron chi connectivity index (χ1n) is 15.8. The van der Waals surface area contributed by atoms with E-state index in [2.05, 4.69) is 16.5 Å². The van der Waals surface area contributed by atoms with Gasteiger partial charge >= 0.3 is 0 Å². The smallest absolute Gasteiger partial charge is 0.109 e. The van der Waals surface area contributed by atoms with Crippen molar-refractivity contribution in [2.45, 2.75) is 127 Å². The Morgan fingerprint density at radius 3 is 2.03 bits per heavy atom. The predicted octanol–water partition coefficient (Wildman–Crippen LogP) is 2.89. The highest BCUT2D eigenvalue weighted by atomic mass is 16.5.